The molecule has 1 aromatic carbocycles. The Labute approximate surface area is 171 Å². The van der Waals surface area contributed by atoms with Gasteiger partial charge in [-0.25, -0.2) is 13.9 Å². The lowest BCUT2D eigenvalue weighted by molar-refractivity contribution is -0.132. The number of halogens is 1. The van der Waals surface area contributed by atoms with Crippen molar-refractivity contribution in [2.24, 2.45) is 0 Å². The Morgan fingerprint density at radius 2 is 1.70 bits per heavy atom. The lowest BCUT2D eigenvalue weighted by atomic mass is 9.96. The third-order valence-corrected chi connectivity index (χ3v) is 9.29. The van der Waals surface area contributed by atoms with Crippen LogP contribution < -0.4 is 10.8 Å². The van der Waals surface area contributed by atoms with Crippen LogP contribution in [0.2, 0.25) is 0 Å². The Kier molecular flexibility index (Phi) is 8.00. The average Bonchev–Trinajstić information content (AvgIpc) is 2.69. The zero-order valence-corrected chi connectivity index (χ0v) is 17.6. The number of thioether (sulfide) groups is 1. The van der Waals surface area contributed by atoms with Crippen molar-refractivity contribution in [2.75, 3.05) is 13.1 Å². The summed E-state index contributed by atoms with van der Waals surface area (Å²) in [6.45, 7) is 0.838. The fraction of sp³-hybridized carbons (Fsp3) is 0.611. The van der Waals surface area contributed by atoms with Crippen LogP contribution in [-0.4, -0.2) is 42.6 Å². The summed E-state index contributed by atoms with van der Waals surface area (Å²) in [7, 11) is -3.91. The molecule has 1 saturated carbocycles. The normalized spacial score (nSPS) is 20.5. The molecule has 1 aliphatic carbocycles. The Hall–Kier alpha value is -0.800. The molecule has 0 aromatic heterocycles. The first-order valence-corrected chi connectivity index (χ1v) is 11.5. The van der Waals surface area contributed by atoms with Crippen LogP contribution in [0, 0.1) is 0 Å². The predicted molar refractivity (Wildman–Crippen MR) is 108 cm³/mol. The minimum Gasteiger partial charge on any atom is -0.317 e. The second-order valence-corrected chi connectivity index (χ2v) is 10.7. The van der Waals surface area contributed by atoms with E-state index >= 15 is 0 Å². The van der Waals surface area contributed by atoms with Gasteiger partial charge in [0.2, 0.25) is 0 Å². The van der Waals surface area contributed by atoms with Gasteiger partial charge in [-0.1, -0.05) is 19.3 Å². The zero-order chi connectivity index (χ0) is 18.6. The third kappa shape index (κ3) is 4.62. The number of rotatable bonds is 5. The smallest absolute Gasteiger partial charge is 0.265 e. The maximum Gasteiger partial charge on any atom is 0.265 e. The lowest BCUT2D eigenvalue weighted by Crippen LogP contribution is -2.57. The summed E-state index contributed by atoms with van der Waals surface area (Å²) in [5.74, 6) is -0.848. The molecule has 9 heteroatoms. The monoisotopic (exact) mass is 434 g/mol. The molecule has 0 spiro atoms. The molecule has 27 heavy (non-hydrogen) atoms. The molecule has 3 N–H and O–H groups in total. The molecule has 152 valence electrons. The highest BCUT2D eigenvalue weighted by atomic mass is 35.5. The Bertz CT molecular complexity index is 728. The second kappa shape index (κ2) is 9.60. The highest BCUT2D eigenvalue weighted by Gasteiger charge is 2.51. The van der Waals surface area contributed by atoms with Crippen LogP contribution >= 0.6 is 24.2 Å². The Morgan fingerprint density at radius 3 is 2.26 bits per heavy atom. The quantitative estimate of drug-likeness (QED) is 0.487. The lowest BCUT2D eigenvalue weighted by Gasteiger charge is -2.34. The number of nitrogens with one attached hydrogen (secondary N) is 2. The van der Waals surface area contributed by atoms with E-state index in [1.807, 2.05) is 12.1 Å². The van der Waals surface area contributed by atoms with Crippen LogP contribution in [0.5, 0.6) is 0 Å². The molecule has 1 aliphatic heterocycles. The highest BCUT2D eigenvalue weighted by Crippen LogP contribution is 2.37. The molecular formula is C18H27ClN2O4S2. The summed E-state index contributed by atoms with van der Waals surface area (Å²) in [6, 6.07) is 6.85. The maximum atomic E-state index is 13.2. The van der Waals surface area contributed by atoms with Crippen molar-refractivity contribution >= 4 is 39.9 Å². The van der Waals surface area contributed by atoms with Crippen molar-refractivity contribution in [3.8, 4) is 0 Å². The summed E-state index contributed by atoms with van der Waals surface area (Å²) in [4.78, 5) is 13.5. The number of hydrogen-bond acceptors (Lipinski definition) is 6. The van der Waals surface area contributed by atoms with Gasteiger partial charge in [0.15, 0.2) is 14.6 Å². The van der Waals surface area contributed by atoms with Crippen molar-refractivity contribution in [2.45, 2.75) is 64.7 Å². The molecule has 3 rings (SSSR count). The van der Waals surface area contributed by atoms with Crippen LogP contribution in [0.15, 0.2) is 34.1 Å². The first-order valence-electron chi connectivity index (χ1n) is 9.16. The van der Waals surface area contributed by atoms with E-state index in [4.69, 9.17) is 5.21 Å². The fourth-order valence-corrected chi connectivity index (χ4v) is 7.07. The van der Waals surface area contributed by atoms with Gasteiger partial charge in [0, 0.05) is 10.1 Å². The number of carbonyl (C=O) groups excluding carboxylic acids is 1. The predicted octanol–water partition coefficient (Wildman–Crippen LogP) is 2.93. The molecular weight excluding hydrogens is 408 g/mol. The van der Waals surface area contributed by atoms with Crippen molar-refractivity contribution in [3.05, 3.63) is 24.3 Å². The number of sulfone groups is 1. The van der Waals surface area contributed by atoms with Crippen molar-refractivity contribution in [1.82, 2.24) is 10.8 Å². The Balaban J connectivity index is 0.00000261. The van der Waals surface area contributed by atoms with Gasteiger partial charge < -0.3 is 5.32 Å². The van der Waals surface area contributed by atoms with Gasteiger partial charge in [0.25, 0.3) is 5.91 Å². The Morgan fingerprint density at radius 1 is 1.11 bits per heavy atom. The van der Waals surface area contributed by atoms with E-state index in [1.165, 1.54) is 32.1 Å². The van der Waals surface area contributed by atoms with Gasteiger partial charge in [-0.2, -0.15) is 0 Å². The molecule has 0 radical (unpaired) electrons. The number of amides is 1. The maximum absolute atomic E-state index is 13.2. The van der Waals surface area contributed by atoms with E-state index in [9.17, 15) is 13.2 Å². The summed E-state index contributed by atoms with van der Waals surface area (Å²) in [5.41, 5.74) is 1.57. The van der Waals surface area contributed by atoms with E-state index in [-0.39, 0.29) is 30.1 Å². The van der Waals surface area contributed by atoms with E-state index in [1.54, 1.807) is 29.4 Å². The van der Waals surface area contributed by atoms with Crippen LogP contribution in [0.25, 0.3) is 0 Å². The van der Waals surface area contributed by atoms with Gasteiger partial charge in [-0.3, -0.25) is 10.0 Å². The van der Waals surface area contributed by atoms with Crippen molar-refractivity contribution in [3.63, 3.8) is 0 Å². The molecule has 1 aromatic rings. The molecule has 2 aliphatic rings. The van der Waals surface area contributed by atoms with Gasteiger partial charge in [-0.05, 0) is 63.0 Å². The first kappa shape index (κ1) is 22.5. The molecule has 2 fully saturated rings. The second-order valence-electron chi connectivity index (χ2n) is 7.04. The summed E-state index contributed by atoms with van der Waals surface area (Å²) in [6.07, 6.45) is 6.52. The molecule has 0 bridgehead atoms. The van der Waals surface area contributed by atoms with Crippen molar-refractivity contribution < 1.29 is 18.4 Å². The standard InChI is InChI=1S/C18H26N2O4S2.ClH/c21-17(20-22)18(10-12-19-13-11-18)26(23,24)16-8-6-15(7-9-16)25-14-4-2-1-3-5-14;/h6-9,14,19,22H,1-5,10-13H2,(H,20,21);1H. The van der Waals surface area contributed by atoms with Gasteiger partial charge >= 0.3 is 0 Å². The molecule has 1 amide bonds. The van der Waals surface area contributed by atoms with Crippen LogP contribution in [0.3, 0.4) is 0 Å². The fourth-order valence-electron chi connectivity index (χ4n) is 3.85. The summed E-state index contributed by atoms with van der Waals surface area (Å²) in [5, 5.41) is 12.8. The molecule has 0 unspecified atom stereocenters. The number of hydrogen-bond donors (Lipinski definition) is 3. The van der Waals surface area contributed by atoms with Crippen LogP contribution in [0.1, 0.15) is 44.9 Å². The van der Waals surface area contributed by atoms with Crippen LogP contribution in [0.4, 0.5) is 0 Å². The molecule has 6 nitrogen and oxygen atoms in total. The first-order chi connectivity index (χ1) is 12.5. The third-order valence-electron chi connectivity index (χ3n) is 5.43. The summed E-state index contributed by atoms with van der Waals surface area (Å²) >= 11 is 1.81. The average molecular weight is 435 g/mol. The van der Waals surface area contributed by atoms with Crippen LogP contribution in [-0.2, 0) is 14.6 Å². The minimum absolute atomic E-state index is 0. The SMILES string of the molecule is Cl.O=C(NO)C1(S(=O)(=O)c2ccc(SC3CCCCC3)cc2)CCNCC1. The number of benzene rings is 1. The van der Waals surface area contributed by atoms with E-state index < -0.39 is 20.5 Å². The highest BCUT2D eigenvalue weighted by molar-refractivity contribution is 8.00. The molecule has 0 atom stereocenters. The van der Waals surface area contributed by atoms with E-state index in [0.29, 0.717) is 18.3 Å². The largest absolute Gasteiger partial charge is 0.317 e. The van der Waals surface area contributed by atoms with E-state index in [0.717, 1.165) is 4.90 Å². The van der Waals surface area contributed by atoms with Gasteiger partial charge in [-0.15, -0.1) is 24.2 Å². The van der Waals surface area contributed by atoms with Crippen molar-refractivity contribution in [1.29, 1.82) is 0 Å². The summed E-state index contributed by atoms with van der Waals surface area (Å²) < 4.78 is 24.8. The van der Waals surface area contributed by atoms with Gasteiger partial charge in [0.05, 0.1) is 4.90 Å². The topological polar surface area (TPSA) is 95.5 Å². The zero-order valence-electron chi connectivity index (χ0n) is 15.1. The minimum atomic E-state index is -3.91. The van der Waals surface area contributed by atoms with E-state index in [2.05, 4.69) is 5.32 Å². The molecule has 1 heterocycles. The number of piperidine rings is 1. The number of carbonyl (C=O) groups is 1. The van der Waals surface area contributed by atoms with Gasteiger partial charge in [0.1, 0.15) is 0 Å². The molecule has 1 saturated heterocycles. The number of hydroxylamine groups is 1.